The van der Waals surface area contributed by atoms with Crippen molar-refractivity contribution in [2.75, 3.05) is 13.2 Å². The third-order valence-electron chi connectivity index (χ3n) is 11.8. The molecule has 410 valence electrons. The van der Waals surface area contributed by atoms with Crippen LogP contribution < -0.4 is 0 Å². The largest absolute Gasteiger partial charge is 0.462 e. The maximum atomic E-state index is 12.9. The van der Waals surface area contributed by atoms with Gasteiger partial charge in [-0.2, -0.15) is 0 Å². The number of hydrogen-bond donors (Lipinski definition) is 0. The maximum Gasteiger partial charge on any atom is 0.306 e. The SMILES string of the molecule is CC/C=C\C/C=C\C/C=C\C/C=C\C/C=C\CCCCCCCC(=O)OCC(COC(=O)CCCCCCC/C=C\C/C=C\CCCCC)OC(=O)CCCCC/C=C\C/C=C\C/C=C\C/C=C\C/C=C\CC. The molecule has 0 fully saturated rings. The van der Waals surface area contributed by atoms with E-state index in [0.29, 0.717) is 19.3 Å². The summed E-state index contributed by atoms with van der Waals surface area (Å²) in [5.74, 6) is -0.981. The van der Waals surface area contributed by atoms with Gasteiger partial charge in [0, 0.05) is 19.3 Å². The number of rotatable bonds is 51. The smallest absolute Gasteiger partial charge is 0.306 e. The van der Waals surface area contributed by atoms with Crippen LogP contribution in [0.5, 0.6) is 0 Å². The van der Waals surface area contributed by atoms with Gasteiger partial charge in [0.2, 0.25) is 0 Å². The van der Waals surface area contributed by atoms with Gasteiger partial charge in [-0.1, -0.05) is 224 Å². The molecule has 0 saturated heterocycles. The Labute approximate surface area is 448 Å². The van der Waals surface area contributed by atoms with Gasteiger partial charge in [0.25, 0.3) is 0 Å². The lowest BCUT2D eigenvalue weighted by Gasteiger charge is -2.18. The quantitative estimate of drug-likeness (QED) is 0.0261. The minimum absolute atomic E-state index is 0.111. The number of carbonyl (C=O) groups is 3. The number of unbranched alkanes of at least 4 members (excludes halogenated alkanes) is 16. The zero-order valence-electron chi connectivity index (χ0n) is 46.8. The number of allylic oxidation sites excluding steroid dienone is 24. The fourth-order valence-electron chi connectivity index (χ4n) is 7.47. The third-order valence-corrected chi connectivity index (χ3v) is 11.8. The highest BCUT2D eigenvalue weighted by molar-refractivity contribution is 5.71. The highest BCUT2D eigenvalue weighted by Crippen LogP contribution is 2.13. The molecule has 6 nitrogen and oxygen atoms in total. The van der Waals surface area contributed by atoms with Gasteiger partial charge in [-0.3, -0.25) is 14.4 Å². The van der Waals surface area contributed by atoms with Crippen molar-refractivity contribution < 1.29 is 28.6 Å². The Bertz CT molecular complexity index is 1630. The Kier molecular flexibility index (Phi) is 56.0. The normalized spacial score (nSPS) is 13.2. The summed E-state index contributed by atoms with van der Waals surface area (Å²) in [6, 6.07) is 0. The molecule has 0 aromatic carbocycles. The Morgan fingerprint density at radius 1 is 0.288 bits per heavy atom. The van der Waals surface area contributed by atoms with Gasteiger partial charge in [-0.05, 0) is 141 Å². The molecular formula is C67H106O6. The predicted octanol–water partition coefficient (Wildman–Crippen LogP) is 20.0. The van der Waals surface area contributed by atoms with Gasteiger partial charge in [-0.15, -0.1) is 0 Å². The molecule has 0 N–H and O–H groups in total. The summed E-state index contributed by atoms with van der Waals surface area (Å²) in [6.45, 7) is 6.32. The molecule has 0 aliphatic heterocycles. The molecule has 0 aliphatic carbocycles. The molecule has 0 spiro atoms. The topological polar surface area (TPSA) is 78.9 Å². The molecule has 0 radical (unpaired) electrons. The van der Waals surface area contributed by atoms with Crippen LogP contribution in [0.1, 0.15) is 239 Å². The van der Waals surface area contributed by atoms with Crippen molar-refractivity contribution >= 4 is 17.9 Å². The molecule has 0 aliphatic rings. The Hall–Kier alpha value is -4.71. The first-order chi connectivity index (χ1) is 36.0. The first-order valence-electron chi connectivity index (χ1n) is 29.3. The molecule has 1 atom stereocenters. The second-order valence-corrected chi connectivity index (χ2v) is 18.8. The van der Waals surface area contributed by atoms with Gasteiger partial charge in [-0.25, -0.2) is 0 Å². The number of hydrogen-bond acceptors (Lipinski definition) is 6. The van der Waals surface area contributed by atoms with Gasteiger partial charge in [0.1, 0.15) is 13.2 Å². The van der Waals surface area contributed by atoms with Crippen molar-refractivity contribution in [1.29, 1.82) is 0 Å². The molecule has 0 bridgehead atoms. The van der Waals surface area contributed by atoms with Gasteiger partial charge >= 0.3 is 17.9 Å². The molecule has 1 unspecified atom stereocenters. The molecular weight excluding hydrogens is 901 g/mol. The highest BCUT2D eigenvalue weighted by atomic mass is 16.6. The monoisotopic (exact) mass is 1010 g/mol. The first kappa shape index (κ1) is 68.3. The van der Waals surface area contributed by atoms with Crippen molar-refractivity contribution in [2.24, 2.45) is 0 Å². The molecule has 0 aromatic rings. The molecule has 0 saturated carbocycles. The first-order valence-corrected chi connectivity index (χ1v) is 29.3. The minimum atomic E-state index is -0.817. The Balaban J connectivity index is 4.53. The van der Waals surface area contributed by atoms with Crippen molar-refractivity contribution in [2.45, 2.75) is 245 Å². The number of esters is 3. The van der Waals surface area contributed by atoms with E-state index >= 15 is 0 Å². The van der Waals surface area contributed by atoms with Crippen LogP contribution in [-0.2, 0) is 28.6 Å². The highest BCUT2D eigenvalue weighted by Gasteiger charge is 2.19. The van der Waals surface area contributed by atoms with E-state index in [4.69, 9.17) is 14.2 Å². The average Bonchev–Trinajstić information content (AvgIpc) is 3.39. The van der Waals surface area contributed by atoms with Crippen molar-refractivity contribution in [1.82, 2.24) is 0 Å². The average molecular weight is 1010 g/mol. The lowest BCUT2D eigenvalue weighted by atomic mass is 10.1. The summed E-state index contributed by atoms with van der Waals surface area (Å²) < 4.78 is 16.8. The van der Waals surface area contributed by atoms with Gasteiger partial charge < -0.3 is 14.2 Å². The van der Waals surface area contributed by atoms with E-state index in [2.05, 4.69) is 167 Å². The fraction of sp³-hybridized carbons (Fsp3) is 0.597. The summed E-state index contributed by atoms with van der Waals surface area (Å²) in [6.07, 6.45) is 85.4. The van der Waals surface area contributed by atoms with Crippen LogP contribution in [0.4, 0.5) is 0 Å². The van der Waals surface area contributed by atoms with E-state index in [9.17, 15) is 14.4 Å². The standard InChI is InChI=1S/C67H106O6/c1-4-7-10-13-16-19-22-25-28-30-32-33-35-36-39-42-45-48-51-54-57-60-66(69)72-63-64(62-71-65(68)59-56-53-50-47-44-41-38-27-24-21-18-15-12-9-6-3)73-67(70)61-58-55-52-49-46-43-40-37-34-31-29-26-23-20-17-14-11-8-5-2/h7-8,10-11,16-21,25-29,32-34,36-39,43,46,64H,4-6,9,12-15,22-24,30-31,35,40-42,44-45,47-63H2,1-3H3/b10-7-,11-8-,19-16-,20-17-,21-18-,28-25-,29-26-,33-32-,37-34-,38-27-,39-36-,46-43-. The zero-order chi connectivity index (χ0) is 52.9. The second-order valence-electron chi connectivity index (χ2n) is 18.8. The molecule has 0 amide bonds. The molecule has 0 rings (SSSR count). The third kappa shape index (κ3) is 58.1. The van der Waals surface area contributed by atoms with Gasteiger partial charge in [0.15, 0.2) is 6.10 Å². The van der Waals surface area contributed by atoms with Crippen LogP contribution in [0.2, 0.25) is 0 Å². The van der Waals surface area contributed by atoms with Crippen molar-refractivity contribution in [3.63, 3.8) is 0 Å². The Morgan fingerprint density at radius 3 is 0.849 bits per heavy atom. The summed E-state index contributed by atoms with van der Waals surface area (Å²) in [7, 11) is 0. The lowest BCUT2D eigenvalue weighted by molar-refractivity contribution is -0.167. The van der Waals surface area contributed by atoms with E-state index in [-0.39, 0.29) is 37.5 Å². The van der Waals surface area contributed by atoms with Crippen LogP contribution in [0.15, 0.2) is 146 Å². The summed E-state index contributed by atoms with van der Waals surface area (Å²) in [5.41, 5.74) is 0. The van der Waals surface area contributed by atoms with Crippen molar-refractivity contribution in [3.05, 3.63) is 146 Å². The van der Waals surface area contributed by atoms with E-state index in [0.717, 1.165) is 167 Å². The van der Waals surface area contributed by atoms with E-state index in [1.54, 1.807) is 0 Å². The lowest BCUT2D eigenvalue weighted by Crippen LogP contribution is -2.30. The predicted molar refractivity (Wildman–Crippen MR) is 315 cm³/mol. The Morgan fingerprint density at radius 2 is 0.534 bits per heavy atom. The zero-order valence-corrected chi connectivity index (χ0v) is 46.8. The minimum Gasteiger partial charge on any atom is -0.462 e. The van der Waals surface area contributed by atoms with Crippen LogP contribution in [-0.4, -0.2) is 37.2 Å². The maximum absolute atomic E-state index is 12.9. The van der Waals surface area contributed by atoms with Crippen LogP contribution in [0.3, 0.4) is 0 Å². The number of carbonyl (C=O) groups excluding carboxylic acids is 3. The molecule has 0 heterocycles. The van der Waals surface area contributed by atoms with Crippen LogP contribution in [0, 0.1) is 0 Å². The summed E-state index contributed by atoms with van der Waals surface area (Å²) in [5, 5.41) is 0. The van der Waals surface area contributed by atoms with E-state index in [1.807, 2.05) is 0 Å². The molecule has 6 heteroatoms. The van der Waals surface area contributed by atoms with Gasteiger partial charge in [0.05, 0.1) is 0 Å². The second kappa shape index (κ2) is 59.8. The van der Waals surface area contributed by atoms with E-state index in [1.165, 1.54) is 25.7 Å². The van der Waals surface area contributed by atoms with E-state index < -0.39 is 6.10 Å². The number of ether oxygens (including phenoxy) is 3. The summed E-state index contributed by atoms with van der Waals surface area (Å²) in [4.78, 5) is 38.2. The van der Waals surface area contributed by atoms with Crippen molar-refractivity contribution in [3.8, 4) is 0 Å². The van der Waals surface area contributed by atoms with Crippen LogP contribution >= 0.6 is 0 Å². The molecule has 73 heavy (non-hydrogen) atoms. The molecule has 0 aromatic heterocycles. The summed E-state index contributed by atoms with van der Waals surface area (Å²) >= 11 is 0. The fourth-order valence-corrected chi connectivity index (χ4v) is 7.47. The van der Waals surface area contributed by atoms with Crippen LogP contribution in [0.25, 0.3) is 0 Å².